The Morgan fingerprint density at radius 3 is 1.03 bits per heavy atom. The van der Waals surface area contributed by atoms with Crippen LogP contribution in [0.1, 0.15) is 54.1 Å². The maximum Gasteiger partial charge on any atom is 0.336 e. The fourth-order valence-corrected chi connectivity index (χ4v) is 9.15. The molecule has 0 bridgehead atoms. The van der Waals surface area contributed by atoms with Crippen molar-refractivity contribution in [2.45, 2.75) is 5.41 Å². The molecule has 278 valence electrons. The molecule has 0 fully saturated rings. The van der Waals surface area contributed by atoms with Gasteiger partial charge in [0, 0.05) is 33.4 Å². The number of terminal acetylenes is 2. The van der Waals surface area contributed by atoms with Crippen molar-refractivity contribution in [3.8, 4) is 80.3 Å². The molecule has 59 heavy (non-hydrogen) atoms. The minimum atomic E-state index is -1.41. The third kappa shape index (κ3) is 5.66. The number of carbonyl (C=O) groups is 2. The van der Waals surface area contributed by atoms with Crippen molar-refractivity contribution in [1.82, 2.24) is 0 Å². The molecule has 0 heterocycles. The topological polar surface area (TPSA) is 74.6 Å². The Morgan fingerprint density at radius 2 is 0.712 bits per heavy atom. The average molecular weight is 759 g/mol. The predicted molar refractivity (Wildman–Crippen MR) is 235 cm³/mol. The van der Waals surface area contributed by atoms with Crippen LogP contribution in [0, 0.1) is 24.7 Å². The second-order valence-electron chi connectivity index (χ2n) is 14.4. The molecule has 0 aliphatic heterocycles. The molecule has 0 saturated carbocycles. The van der Waals surface area contributed by atoms with E-state index in [9.17, 15) is 19.8 Å². The molecule has 4 nitrogen and oxygen atoms in total. The molecule has 1 aliphatic rings. The van der Waals surface area contributed by atoms with Gasteiger partial charge in [-0.2, -0.15) is 0 Å². The Labute approximate surface area is 342 Å². The van der Waals surface area contributed by atoms with E-state index in [1.165, 1.54) is 12.1 Å². The number of carboxylic acids is 2. The van der Waals surface area contributed by atoms with Crippen molar-refractivity contribution < 1.29 is 19.8 Å². The molecule has 0 saturated heterocycles. The average Bonchev–Trinajstić information content (AvgIpc) is 3.60. The molecule has 0 radical (unpaired) electrons. The molecular weight excluding hydrogens is 725 g/mol. The molecule has 0 spiro atoms. The van der Waals surface area contributed by atoms with Gasteiger partial charge in [-0.3, -0.25) is 0 Å². The van der Waals surface area contributed by atoms with E-state index in [4.69, 9.17) is 12.8 Å². The van der Waals surface area contributed by atoms with Gasteiger partial charge in [0.1, 0.15) is 0 Å². The number of fused-ring (bicyclic) bond motifs is 3. The van der Waals surface area contributed by atoms with Gasteiger partial charge in [-0.25, -0.2) is 9.59 Å². The lowest BCUT2D eigenvalue weighted by Gasteiger charge is -2.37. The van der Waals surface area contributed by atoms with Crippen LogP contribution in [0.25, 0.3) is 55.6 Å². The lowest BCUT2D eigenvalue weighted by Crippen LogP contribution is -2.31. The van der Waals surface area contributed by atoms with Gasteiger partial charge in [-0.1, -0.05) is 182 Å². The second-order valence-corrected chi connectivity index (χ2v) is 14.4. The summed E-state index contributed by atoms with van der Waals surface area (Å²) in [7, 11) is 0. The molecular formula is C55H34O4. The molecule has 0 atom stereocenters. The number of benzene rings is 8. The molecule has 8 aromatic carbocycles. The van der Waals surface area contributed by atoms with Crippen molar-refractivity contribution in [3.05, 3.63) is 226 Å². The quantitative estimate of drug-likeness (QED) is 0.151. The van der Waals surface area contributed by atoms with Gasteiger partial charge < -0.3 is 10.2 Å². The van der Waals surface area contributed by atoms with Gasteiger partial charge in [0.05, 0.1) is 16.5 Å². The van der Waals surface area contributed by atoms with Gasteiger partial charge in [0.15, 0.2) is 0 Å². The molecule has 0 unspecified atom stereocenters. The van der Waals surface area contributed by atoms with E-state index < -0.39 is 17.4 Å². The standard InChI is InChI=1S/C55H34O4/c1-3-39-45(33-31-41(35-19-9-5-10-20-35)49(39)37-23-13-7-14-24-37)55(47-29-17-27-43(53(56)57)51(47)52-44(54(58)59)28-18-30-48(52)55)46-34-32-42(36-21-11-6-12-22-36)50(40(46)4-2)38-25-15-8-16-26-38/h1-2,5-34H,(H,56,57)(H,58,59). The monoisotopic (exact) mass is 758 g/mol. The maximum absolute atomic E-state index is 13.3. The van der Waals surface area contributed by atoms with Crippen molar-refractivity contribution in [3.63, 3.8) is 0 Å². The summed E-state index contributed by atoms with van der Waals surface area (Å²) in [6, 6.07) is 58.3. The minimum Gasteiger partial charge on any atom is -0.478 e. The number of hydrogen-bond donors (Lipinski definition) is 2. The van der Waals surface area contributed by atoms with E-state index in [0.717, 1.165) is 44.5 Å². The zero-order valence-electron chi connectivity index (χ0n) is 31.7. The zero-order chi connectivity index (χ0) is 40.7. The summed E-state index contributed by atoms with van der Waals surface area (Å²) in [6.45, 7) is 0. The first-order chi connectivity index (χ1) is 28.9. The van der Waals surface area contributed by atoms with E-state index in [1.807, 2.05) is 146 Å². The summed E-state index contributed by atoms with van der Waals surface area (Å²) in [5.41, 5.74) is 9.82. The molecule has 8 aromatic rings. The first kappa shape index (κ1) is 36.5. The largest absolute Gasteiger partial charge is 0.478 e. The summed E-state index contributed by atoms with van der Waals surface area (Å²) in [6.07, 6.45) is 13.5. The highest BCUT2D eigenvalue weighted by atomic mass is 16.4. The lowest BCUT2D eigenvalue weighted by molar-refractivity contribution is 0.0684. The third-order valence-electron chi connectivity index (χ3n) is 11.4. The Bertz CT molecular complexity index is 2830. The normalized spacial score (nSPS) is 12.1. The third-order valence-corrected chi connectivity index (χ3v) is 11.4. The lowest BCUT2D eigenvalue weighted by atomic mass is 9.63. The van der Waals surface area contributed by atoms with Crippen molar-refractivity contribution in [1.29, 1.82) is 0 Å². The van der Waals surface area contributed by atoms with Gasteiger partial charge in [0.2, 0.25) is 0 Å². The molecule has 0 aromatic heterocycles. The Hall–Kier alpha value is -8.18. The molecule has 9 rings (SSSR count). The SMILES string of the molecule is C#Cc1c(C2(c3ccc(-c4ccccc4)c(-c4ccccc4)c3C#C)c3cccc(C(=O)O)c3-c3c(C(=O)O)cccc32)ccc(-c2ccccc2)c1-c1ccccc1. The van der Waals surface area contributed by atoms with Gasteiger partial charge >= 0.3 is 11.9 Å². The van der Waals surface area contributed by atoms with Crippen LogP contribution in [0.5, 0.6) is 0 Å². The van der Waals surface area contributed by atoms with Crippen molar-refractivity contribution in [2.24, 2.45) is 0 Å². The summed E-state index contributed by atoms with van der Waals surface area (Å²) < 4.78 is 0. The fraction of sp³-hybridized carbons (Fsp3) is 0.0182. The predicted octanol–water partition coefficient (Wildman–Crippen LogP) is 12.1. The first-order valence-electron chi connectivity index (χ1n) is 19.1. The van der Waals surface area contributed by atoms with Crippen molar-refractivity contribution >= 4 is 11.9 Å². The molecule has 1 aliphatic carbocycles. The fourth-order valence-electron chi connectivity index (χ4n) is 9.15. The summed E-state index contributed by atoms with van der Waals surface area (Å²) >= 11 is 0. The van der Waals surface area contributed by atoms with Crippen LogP contribution in [0.4, 0.5) is 0 Å². The van der Waals surface area contributed by atoms with Gasteiger partial charge in [-0.05, 0) is 67.8 Å². The molecule has 2 N–H and O–H groups in total. The van der Waals surface area contributed by atoms with Crippen LogP contribution in [0.3, 0.4) is 0 Å². The highest BCUT2D eigenvalue weighted by Crippen LogP contribution is 2.61. The van der Waals surface area contributed by atoms with Crippen molar-refractivity contribution in [2.75, 3.05) is 0 Å². The van der Waals surface area contributed by atoms with E-state index >= 15 is 0 Å². The molecule has 4 heteroatoms. The zero-order valence-corrected chi connectivity index (χ0v) is 31.7. The Morgan fingerprint density at radius 1 is 0.373 bits per heavy atom. The van der Waals surface area contributed by atoms with Gasteiger partial charge in [-0.15, -0.1) is 12.8 Å². The maximum atomic E-state index is 13.3. The van der Waals surface area contributed by atoms with E-state index in [-0.39, 0.29) is 11.1 Å². The van der Waals surface area contributed by atoms with Crippen LogP contribution < -0.4 is 0 Å². The second kappa shape index (κ2) is 14.7. The Balaban J connectivity index is 1.54. The number of rotatable bonds is 8. The smallest absolute Gasteiger partial charge is 0.336 e. The summed E-state index contributed by atoms with van der Waals surface area (Å²) in [5.74, 6) is 3.86. The van der Waals surface area contributed by atoms with Crippen LogP contribution in [0.15, 0.2) is 182 Å². The summed E-state index contributed by atoms with van der Waals surface area (Å²) in [5, 5.41) is 21.6. The van der Waals surface area contributed by atoms with E-state index in [1.54, 1.807) is 12.1 Å². The number of aromatic carboxylic acids is 2. The minimum absolute atomic E-state index is 0.0304. The van der Waals surface area contributed by atoms with Crippen LogP contribution in [-0.4, -0.2) is 22.2 Å². The first-order valence-corrected chi connectivity index (χ1v) is 19.1. The molecule has 0 amide bonds. The Kier molecular flexibility index (Phi) is 9.09. The van der Waals surface area contributed by atoms with E-state index in [2.05, 4.69) is 24.0 Å². The number of hydrogen-bond acceptors (Lipinski definition) is 2. The highest BCUT2D eigenvalue weighted by Gasteiger charge is 2.51. The highest BCUT2D eigenvalue weighted by molar-refractivity contribution is 6.08. The van der Waals surface area contributed by atoms with Crippen LogP contribution in [-0.2, 0) is 5.41 Å². The van der Waals surface area contributed by atoms with Gasteiger partial charge in [0.25, 0.3) is 0 Å². The summed E-state index contributed by atoms with van der Waals surface area (Å²) in [4.78, 5) is 26.5. The number of carboxylic acid groups (broad SMARTS) is 2. The van der Waals surface area contributed by atoms with Crippen LogP contribution >= 0.6 is 0 Å². The van der Waals surface area contributed by atoms with E-state index in [0.29, 0.717) is 44.5 Å². The van der Waals surface area contributed by atoms with Crippen LogP contribution in [0.2, 0.25) is 0 Å².